The van der Waals surface area contributed by atoms with Crippen LogP contribution in [0.15, 0.2) is 6.20 Å². The quantitative estimate of drug-likeness (QED) is 0.774. The molecule has 18 heavy (non-hydrogen) atoms. The fraction of sp³-hybridized carbons (Fsp3) is 0.667. The summed E-state index contributed by atoms with van der Waals surface area (Å²) in [4.78, 5) is 20.9. The van der Waals surface area contributed by atoms with E-state index in [-0.39, 0.29) is 5.97 Å². The van der Waals surface area contributed by atoms with Crippen LogP contribution in [0.5, 0.6) is 0 Å². The van der Waals surface area contributed by atoms with Crippen molar-refractivity contribution >= 4 is 22.4 Å². The average molecular weight is 269 g/mol. The Labute approximate surface area is 111 Å². The number of carbonyl (C=O) groups excluding carboxylic acids is 1. The molecule has 1 aromatic heterocycles. The largest absolute Gasteiger partial charge is 0.465 e. The number of carbonyl (C=O) groups is 1. The lowest BCUT2D eigenvalue weighted by molar-refractivity contribution is 0.0606. The van der Waals surface area contributed by atoms with Crippen molar-refractivity contribution in [1.29, 1.82) is 0 Å². The van der Waals surface area contributed by atoms with Crippen molar-refractivity contribution in [1.82, 2.24) is 9.88 Å². The maximum Gasteiger partial charge on any atom is 0.349 e. The molecular weight excluding hydrogens is 250 g/mol. The molecule has 2 rings (SSSR count). The highest BCUT2D eigenvalue weighted by Gasteiger charge is 2.20. The summed E-state index contributed by atoms with van der Waals surface area (Å²) in [6.45, 7) is 7.47. The zero-order valence-corrected chi connectivity index (χ0v) is 11.7. The third kappa shape index (κ3) is 3.00. The number of nitrogens with zero attached hydrogens (tertiary/aromatic N) is 3. The van der Waals surface area contributed by atoms with Crippen molar-refractivity contribution in [3.05, 3.63) is 11.1 Å². The molecule has 0 unspecified atom stereocenters. The standard InChI is InChI=1S/C12H19N3O2S/c1-3-4-14-5-7-15(8-6-14)12-13-9-10(18-12)11(16)17-2/h9H,3-8H2,1-2H3. The molecule has 100 valence electrons. The molecule has 0 aromatic carbocycles. The van der Waals surface area contributed by atoms with Gasteiger partial charge in [-0.15, -0.1) is 0 Å². The van der Waals surface area contributed by atoms with Crippen molar-refractivity contribution < 1.29 is 9.53 Å². The Morgan fingerprint density at radius 3 is 2.78 bits per heavy atom. The summed E-state index contributed by atoms with van der Waals surface area (Å²) in [5.74, 6) is -0.302. The average Bonchev–Trinajstić information content (AvgIpc) is 2.89. The van der Waals surface area contributed by atoms with Gasteiger partial charge in [0.25, 0.3) is 0 Å². The maximum absolute atomic E-state index is 11.4. The smallest absolute Gasteiger partial charge is 0.349 e. The summed E-state index contributed by atoms with van der Waals surface area (Å²) in [7, 11) is 1.39. The number of ether oxygens (including phenoxy) is 1. The van der Waals surface area contributed by atoms with Gasteiger partial charge in [0.05, 0.1) is 13.3 Å². The molecule has 6 heteroatoms. The van der Waals surface area contributed by atoms with E-state index in [9.17, 15) is 4.79 Å². The van der Waals surface area contributed by atoms with Gasteiger partial charge >= 0.3 is 5.97 Å². The molecular formula is C12H19N3O2S. The molecule has 0 amide bonds. The van der Waals surface area contributed by atoms with Gasteiger partial charge in [0, 0.05) is 26.2 Å². The van der Waals surface area contributed by atoms with E-state index in [2.05, 4.69) is 21.7 Å². The SMILES string of the molecule is CCCN1CCN(c2ncc(C(=O)OC)s2)CC1. The molecule has 0 spiro atoms. The minimum atomic E-state index is -0.302. The number of thiazole rings is 1. The fourth-order valence-electron chi connectivity index (χ4n) is 2.09. The molecule has 1 aliphatic heterocycles. The van der Waals surface area contributed by atoms with Crippen molar-refractivity contribution in [3.63, 3.8) is 0 Å². The summed E-state index contributed by atoms with van der Waals surface area (Å²) in [5, 5.41) is 0.923. The van der Waals surface area contributed by atoms with E-state index in [1.54, 1.807) is 6.20 Å². The van der Waals surface area contributed by atoms with E-state index in [1.807, 2.05) is 0 Å². The summed E-state index contributed by atoms with van der Waals surface area (Å²) in [5.41, 5.74) is 0. The molecule has 1 saturated heterocycles. The van der Waals surface area contributed by atoms with E-state index in [1.165, 1.54) is 31.4 Å². The molecule has 0 saturated carbocycles. The Bertz CT molecular complexity index is 400. The first-order chi connectivity index (χ1) is 8.74. The van der Waals surface area contributed by atoms with Crippen LogP contribution in [-0.2, 0) is 4.74 Å². The number of hydrogen-bond donors (Lipinski definition) is 0. The van der Waals surface area contributed by atoms with E-state index < -0.39 is 0 Å². The number of aromatic nitrogens is 1. The maximum atomic E-state index is 11.4. The first-order valence-electron chi connectivity index (χ1n) is 6.26. The Balaban J connectivity index is 1.93. The van der Waals surface area contributed by atoms with Crippen LogP contribution in [0.3, 0.4) is 0 Å². The van der Waals surface area contributed by atoms with E-state index in [0.29, 0.717) is 4.88 Å². The normalized spacial score (nSPS) is 16.9. The van der Waals surface area contributed by atoms with Crippen LogP contribution < -0.4 is 4.90 Å². The van der Waals surface area contributed by atoms with Crippen molar-refractivity contribution in [2.24, 2.45) is 0 Å². The molecule has 2 heterocycles. The molecule has 5 nitrogen and oxygen atoms in total. The summed E-state index contributed by atoms with van der Waals surface area (Å²) < 4.78 is 4.69. The topological polar surface area (TPSA) is 45.7 Å². The highest BCUT2D eigenvalue weighted by molar-refractivity contribution is 7.17. The van der Waals surface area contributed by atoms with Crippen molar-refractivity contribution in [2.75, 3.05) is 44.7 Å². The lowest BCUT2D eigenvalue weighted by Crippen LogP contribution is -2.46. The number of hydrogen-bond acceptors (Lipinski definition) is 6. The fourth-order valence-corrected chi connectivity index (χ4v) is 2.97. The second-order valence-corrected chi connectivity index (χ2v) is 5.34. The van der Waals surface area contributed by atoms with Gasteiger partial charge in [0.15, 0.2) is 5.13 Å². The van der Waals surface area contributed by atoms with Gasteiger partial charge in [-0.1, -0.05) is 18.3 Å². The highest BCUT2D eigenvalue weighted by Crippen LogP contribution is 2.24. The minimum absolute atomic E-state index is 0.302. The zero-order valence-electron chi connectivity index (χ0n) is 10.9. The van der Waals surface area contributed by atoms with Crippen molar-refractivity contribution in [2.45, 2.75) is 13.3 Å². The summed E-state index contributed by atoms with van der Waals surface area (Å²) in [6, 6.07) is 0. The van der Waals surface area contributed by atoms with Crippen LogP contribution in [0.1, 0.15) is 23.0 Å². The predicted molar refractivity (Wildman–Crippen MR) is 72.4 cm³/mol. The lowest BCUT2D eigenvalue weighted by atomic mass is 10.3. The number of rotatable bonds is 4. The van der Waals surface area contributed by atoms with Crippen LogP contribution >= 0.6 is 11.3 Å². The number of methoxy groups -OCH3 is 1. The number of piperazine rings is 1. The highest BCUT2D eigenvalue weighted by atomic mass is 32.1. The molecule has 1 fully saturated rings. The first kappa shape index (κ1) is 13.3. The molecule has 0 bridgehead atoms. The first-order valence-corrected chi connectivity index (χ1v) is 7.07. The molecule has 1 aromatic rings. The van der Waals surface area contributed by atoms with Crippen LogP contribution in [0.25, 0.3) is 0 Å². The second-order valence-electron chi connectivity index (χ2n) is 4.33. The van der Waals surface area contributed by atoms with E-state index in [0.717, 1.165) is 31.3 Å². The van der Waals surface area contributed by atoms with Gasteiger partial charge < -0.3 is 9.64 Å². The Kier molecular flexibility index (Phi) is 4.54. The number of anilines is 1. The zero-order chi connectivity index (χ0) is 13.0. The van der Waals surface area contributed by atoms with E-state index >= 15 is 0 Å². The van der Waals surface area contributed by atoms with E-state index in [4.69, 9.17) is 4.74 Å². The Morgan fingerprint density at radius 2 is 2.17 bits per heavy atom. The minimum Gasteiger partial charge on any atom is -0.465 e. The molecule has 0 atom stereocenters. The van der Waals surface area contributed by atoms with Gasteiger partial charge in [-0.05, 0) is 13.0 Å². The number of esters is 1. The van der Waals surface area contributed by atoms with Gasteiger partial charge in [0.2, 0.25) is 0 Å². The van der Waals surface area contributed by atoms with Gasteiger partial charge in [0.1, 0.15) is 4.88 Å². The Morgan fingerprint density at radius 1 is 1.44 bits per heavy atom. The van der Waals surface area contributed by atoms with Gasteiger partial charge in [-0.2, -0.15) is 0 Å². The van der Waals surface area contributed by atoms with Gasteiger partial charge in [-0.25, -0.2) is 9.78 Å². The van der Waals surface area contributed by atoms with Crippen molar-refractivity contribution in [3.8, 4) is 0 Å². The molecule has 1 aliphatic rings. The van der Waals surface area contributed by atoms with Gasteiger partial charge in [-0.3, -0.25) is 4.90 Å². The molecule has 0 aliphatic carbocycles. The lowest BCUT2D eigenvalue weighted by Gasteiger charge is -2.34. The van der Waals surface area contributed by atoms with Crippen LogP contribution in [0.2, 0.25) is 0 Å². The monoisotopic (exact) mass is 269 g/mol. The molecule has 0 N–H and O–H groups in total. The summed E-state index contributed by atoms with van der Waals surface area (Å²) in [6.07, 6.45) is 2.80. The third-order valence-electron chi connectivity index (χ3n) is 3.06. The third-order valence-corrected chi connectivity index (χ3v) is 4.10. The van der Waals surface area contributed by atoms with Crippen LogP contribution in [-0.4, -0.2) is 55.7 Å². The summed E-state index contributed by atoms with van der Waals surface area (Å²) >= 11 is 1.41. The second kappa shape index (κ2) is 6.15. The van der Waals surface area contributed by atoms with Crippen LogP contribution in [0, 0.1) is 0 Å². The molecule has 0 radical (unpaired) electrons. The predicted octanol–water partition coefficient (Wildman–Crippen LogP) is 1.46. The Hall–Kier alpha value is -1.14. The van der Waals surface area contributed by atoms with Crippen LogP contribution in [0.4, 0.5) is 5.13 Å².